The van der Waals surface area contributed by atoms with Crippen LogP contribution in [-0.2, 0) is 4.79 Å². The summed E-state index contributed by atoms with van der Waals surface area (Å²) in [6, 6.07) is 8.28. The Morgan fingerprint density at radius 3 is 2.55 bits per heavy atom. The van der Waals surface area contributed by atoms with Crippen molar-refractivity contribution < 1.29 is 14.8 Å². The van der Waals surface area contributed by atoms with Gasteiger partial charge < -0.3 is 9.90 Å². The van der Waals surface area contributed by atoms with Crippen molar-refractivity contribution in [1.29, 1.82) is 0 Å². The molecule has 0 amide bonds. The summed E-state index contributed by atoms with van der Waals surface area (Å²) in [5.41, 5.74) is 0.916. The molecule has 1 N–H and O–H groups in total. The van der Waals surface area contributed by atoms with Crippen LogP contribution >= 0.6 is 0 Å². The SMILES string of the molecule is O=C[C@@H]1CC[C@@H](O)[C@@H]([N+](=O)[O-])[C@@H]1/C=C/c1ccccc1. The molecule has 0 radical (unpaired) electrons. The second-order valence-corrected chi connectivity index (χ2v) is 5.07. The molecule has 0 unspecified atom stereocenters. The number of nitrogens with zero attached hydrogens (tertiary/aromatic N) is 1. The predicted octanol–water partition coefficient (Wildman–Crippen LogP) is 1.93. The molecule has 0 saturated heterocycles. The van der Waals surface area contributed by atoms with Gasteiger partial charge in [-0.2, -0.15) is 0 Å². The fourth-order valence-corrected chi connectivity index (χ4v) is 2.72. The highest BCUT2D eigenvalue weighted by Crippen LogP contribution is 2.32. The highest BCUT2D eigenvalue weighted by atomic mass is 16.6. The Kier molecular flexibility index (Phi) is 4.63. The number of nitro groups is 1. The third-order valence-electron chi connectivity index (χ3n) is 3.81. The maximum absolute atomic E-state index is 11.1. The van der Waals surface area contributed by atoms with E-state index in [0.717, 1.165) is 11.8 Å². The van der Waals surface area contributed by atoms with Crippen molar-refractivity contribution in [3.63, 3.8) is 0 Å². The molecule has 0 spiro atoms. The standard InChI is InChI=1S/C15H17NO4/c17-10-12-7-9-14(18)15(16(19)20)13(12)8-6-11-4-2-1-3-5-11/h1-6,8,10,12-15,18H,7,9H2/b8-6+/t12-,13+,14+,15-/m0/s1. The van der Waals surface area contributed by atoms with Crippen LogP contribution in [0.5, 0.6) is 0 Å². The van der Waals surface area contributed by atoms with Crippen LogP contribution in [0.2, 0.25) is 0 Å². The summed E-state index contributed by atoms with van der Waals surface area (Å²) in [7, 11) is 0. The van der Waals surface area contributed by atoms with Crippen molar-refractivity contribution in [1.82, 2.24) is 0 Å². The Morgan fingerprint density at radius 1 is 1.25 bits per heavy atom. The minimum Gasteiger partial charge on any atom is -0.386 e. The number of carbonyl (C=O) groups is 1. The van der Waals surface area contributed by atoms with Crippen LogP contribution in [0, 0.1) is 22.0 Å². The Labute approximate surface area is 117 Å². The lowest BCUT2D eigenvalue weighted by Gasteiger charge is -2.31. The highest BCUT2D eigenvalue weighted by molar-refractivity contribution is 5.57. The van der Waals surface area contributed by atoms with Crippen LogP contribution < -0.4 is 0 Å². The first kappa shape index (κ1) is 14.4. The molecule has 0 bridgehead atoms. The first-order valence-corrected chi connectivity index (χ1v) is 6.63. The largest absolute Gasteiger partial charge is 0.386 e. The number of hydrogen-bond acceptors (Lipinski definition) is 4. The minimum atomic E-state index is -1.11. The number of benzene rings is 1. The van der Waals surface area contributed by atoms with E-state index in [0.29, 0.717) is 12.8 Å². The van der Waals surface area contributed by atoms with Gasteiger partial charge in [0.1, 0.15) is 12.4 Å². The van der Waals surface area contributed by atoms with Gasteiger partial charge in [-0.1, -0.05) is 42.5 Å². The van der Waals surface area contributed by atoms with Gasteiger partial charge in [-0.25, -0.2) is 0 Å². The number of rotatable bonds is 4. The predicted molar refractivity (Wildman–Crippen MR) is 74.5 cm³/mol. The van der Waals surface area contributed by atoms with Crippen LogP contribution in [0.25, 0.3) is 6.08 Å². The van der Waals surface area contributed by atoms with Gasteiger partial charge in [-0.15, -0.1) is 0 Å². The molecule has 1 saturated carbocycles. The maximum Gasteiger partial charge on any atom is 0.245 e. The number of aldehydes is 1. The lowest BCUT2D eigenvalue weighted by Crippen LogP contribution is -2.46. The summed E-state index contributed by atoms with van der Waals surface area (Å²) in [4.78, 5) is 21.8. The van der Waals surface area contributed by atoms with Crippen LogP contribution in [0.15, 0.2) is 36.4 Å². The van der Waals surface area contributed by atoms with E-state index in [2.05, 4.69) is 0 Å². The first-order valence-electron chi connectivity index (χ1n) is 6.63. The van der Waals surface area contributed by atoms with E-state index in [1.807, 2.05) is 30.3 Å². The zero-order valence-electron chi connectivity index (χ0n) is 11.0. The molecule has 0 aromatic heterocycles. The molecule has 1 aliphatic carbocycles. The van der Waals surface area contributed by atoms with Gasteiger partial charge in [0.25, 0.3) is 0 Å². The van der Waals surface area contributed by atoms with Crippen LogP contribution in [0.1, 0.15) is 18.4 Å². The second kappa shape index (κ2) is 6.43. The Morgan fingerprint density at radius 2 is 1.95 bits per heavy atom. The van der Waals surface area contributed by atoms with E-state index in [9.17, 15) is 20.0 Å². The van der Waals surface area contributed by atoms with Gasteiger partial charge in [0, 0.05) is 10.8 Å². The Balaban J connectivity index is 2.25. The van der Waals surface area contributed by atoms with Gasteiger partial charge in [0.05, 0.1) is 5.92 Å². The van der Waals surface area contributed by atoms with E-state index < -0.39 is 28.9 Å². The summed E-state index contributed by atoms with van der Waals surface area (Å²) in [5.74, 6) is -0.972. The molecule has 4 atom stereocenters. The van der Waals surface area contributed by atoms with Crippen LogP contribution in [0.3, 0.4) is 0 Å². The van der Waals surface area contributed by atoms with E-state index >= 15 is 0 Å². The smallest absolute Gasteiger partial charge is 0.245 e. The van der Waals surface area contributed by atoms with E-state index in [1.165, 1.54) is 0 Å². The molecule has 1 aromatic rings. The normalized spacial score (nSPS) is 30.2. The Hall–Kier alpha value is -2.01. The molecule has 106 valence electrons. The lowest BCUT2D eigenvalue weighted by molar-refractivity contribution is -0.545. The monoisotopic (exact) mass is 275 g/mol. The summed E-state index contributed by atoms with van der Waals surface area (Å²) >= 11 is 0. The molecule has 1 fully saturated rings. The molecule has 5 heteroatoms. The van der Waals surface area contributed by atoms with Crippen LogP contribution in [0.4, 0.5) is 0 Å². The fourth-order valence-electron chi connectivity index (χ4n) is 2.72. The molecule has 5 nitrogen and oxygen atoms in total. The van der Waals surface area contributed by atoms with Crippen molar-refractivity contribution in [2.24, 2.45) is 11.8 Å². The fraction of sp³-hybridized carbons (Fsp3) is 0.400. The highest BCUT2D eigenvalue weighted by Gasteiger charge is 2.45. The van der Waals surface area contributed by atoms with Gasteiger partial charge in [0.2, 0.25) is 6.04 Å². The number of aliphatic hydroxyl groups excluding tert-OH is 1. The number of carbonyl (C=O) groups excluding carboxylic acids is 1. The first-order chi connectivity index (χ1) is 9.63. The third kappa shape index (κ3) is 3.11. The Bertz CT molecular complexity index is 500. The van der Waals surface area contributed by atoms with Crippen molar-refractivity contribution in [2.75, 3.05) is 0 Å². The van der Waals surface area contributed by atoms with Gasteiger partial charge >= 0.3 is 0 Å². The zero-order chi connectivity index (χ0) is 14.5. The van der Waals surface area contributed by atoms with Crippen molar-refractivity contribution >= 4 is 12.4 Å². The summed E-state index contributed by atoms with van der Waals surface area (Å²) < 4.78 is 0. The average molecular weight is 275 g/mol. The molecular weight excluding hydrogens is 258 g/mol. The molecule has 20 heavy (non-hydrogen) atoms. The van der Waals surface area contributed by atoms with Gasteiger partial charge in [-0.3, -0.25) is 10.1 Å². The van der Waals surface area contributed by atoms with Crippen LogP contribution in [-0.4, -0.2) is 28.5 Å². The quantitative estimate of drug-likeness (QED) is 0.517. The van der Waals surface area contributed by atoms with Crippen molar-refractivity contribution in [3.05, 3.63) is 52.1 Å². The third-order valence-corrected chi connectivity index (χ3v) is 3.81. The summed E-state index contributed by atoms with van der Waals surface area (Å²) in [5, 5.41) is 21.0. The molecule has 2 rings (SSSR count). The zero-order valence-corrected chi connectivity index (χ0v) is 11.0. The summed E-state index contributed by atoms with van der Waals surface area (Å²) in [6.45, 7) is 0. The number of aliphatic hydroxyl groups is 1. The van der Waals surface area contributed by atoms with Gasteiger partial charge in [0.15, 0.2) is 0 Å². The molecule has 1 aromatic carbocycles. The second-order valence-electron chi connectivity index (χ2n) is 5.07. The summed E-state index contributed by atoms with van der Waals surface area (Å²) in [6.07, 6.45) is 4.01. The maximum atomic E-state index is 11.1. The van der Waals surface area contributed by atoms with Gasteiger partial charge in [-0.05, 0) is 18.4 Å². The topological polar surface area (TPSA) is 80.4 Å². The molecular formula is C15H17NO4. The van der Waals surface area contributed by atoms with Crippen molar-refractivity contribution in [2.45, 2.75) is 25.0 Å². The van der Waals surface area contributed by atoms with E-state index in [-0.39, 0.29) is 0 Å². The van der Waals surface area contributed by atoms with Crippen molar-refractivity contribution in [3.8, 4) is 0 Å². The minimum absolute atomic E-state index is 0.296. The average Bonchev–Trinajstić information content (AvgIpc) is 2.45. The molecule has 0 aliphatic heterocycles. The van der Waals surface area contributed by atoms with E-state index in [4.69, 9.17) is 0 Å². The lowest BCUT2D eigenvalue weighted by atomic mass is 9.75. The number of hydrogen-bond donors (Lipinski definition) is 1. The van der Waals surface area contributed by atoms with E-state index in [1.54, 1.807) is 12.2 Å². The molecule has 0 heterocycles. The molecule has 1 aliphatic rings.